The highest BCUT2D eigenvalue weighted by Crippen LogP contribution is 2.24. The molecular weight excluding hydrogens is 320 g/mol. The smallest absolute Gasteiger partial charge is 0.323 e. The predicted molar refractivity (Wildman–Crippen MR) is 93.0 cm³/mol. The van der Waals surface area contributed by atoms with E-state index in [4.69, 9.17) is 5.11 Å². The summed E-state index contributed by atoms with van der Waals surface area (Å²) in [5.74, 6) is -0.898. The number of carbonyl (C=O) groups excluding carboxylic acids is 1. The van der Waals surface area contributed by atoms with Crippen LogP contribution in [0.5, 0.6) is 0 Å². The van der Waals surface area contributed by atoms with Crippen LogP contribution in [-0.4, -0.2) is 45.3 Å². The van der Waals surface area contributed by atoms with Crippen molar-refractivity contribution in [2.75, 3.05) is 18.4 Å². The van der Waals surface area contributed by atoms with Gasteiger partial charge in [-0.1, -0.05) is 37.3 Å². The third kappa shape index (κ3) is 3.93. The van der Waals surface area contributed by atoms with E-state index in [1.807, 2.05) is 37.3 Å². The van der Waals surface area contributed by atoms with Gasteiger partial charge in [0.15, 0.2) is 5.82 Å². The quantitative estimate of drug-likeness (QED) is 0.896. The predicted octanol–water partition coefficient (Wildman–Crippen LogP) is 2.72. The molecule has 2 amide bonds. The van der Waals surface area contributed by atoms with Gasteiger partial charge in [-0.15, -0.1) is 10.2 Å². The molecule has 2 aromatic rings. The maximum atomic E-state index is 12.3. The highest BCUT2D eigenvalue weighted by atomic mass is 16.4. The van der Waals surface area contributed by atoms with Gasteiger partial charge < -0.3 is 10.0 Å². The second-order valence-electron chi connectivity index (χ2n) is 6.26. The van der Waals surface area contributed by atoms with Crippen molar-refractivity contribution < 1.29 is 14.7 Å². The highest BCUT2D eigenvalue weighted by molar-refractivity contribution is 5.88. The number of anilines is 1. The van der Waals surface area contributed by atoms with E-state index in [1.165, 1.54) is 0 Å². The molecule has 1 aromatic carbocycles. The molecule has 25 heavy (non-hydrogen) atoms. The summed E-state index contributed by atoms with van der Waals surface area (Å²) in [4.78, 5) is 25.1. The number of benzene rings is 1. The normalized spacial score (nSPS) is 20.1. The third-order valence-corrected chi connectivity index (χ3v) is 4.48. The SMILES string of the molecule is CC1CN(C(=O)Nc2ccc(-c3ccccc3)nn2)CCC1C(=O)O. The standard InChI is InChI=1S/C18H20N4O3/c1-12-11-22(10-9-14(12)17(23)24)18(25)19-16-8-7-15(20-21-16)13-5-3-2-4-6-13/h2-8,12,14H,9-11H2,1H3,(H,23,24)(H,19,21,25). The first-order valence-corrected chi connectivity index (χ1v) is 8.22. The van der Waals surface area contributed by atoms with Crippen molar-refractivity contribution in [1.29, 1.82) is 0 Å². The van der Waals surface area contributed by atoms with Gasteiger partial charge in [0, 0.05) is 18.7 Å². The Hall–Kier alpha value is -2.96. The van der Waals surface area contributed by atoms with E-state index < -0.39 is 11.9 Å². The van der Waals surface area contributed by atoms with Crippen LogP contribution in [0.25, 0.3) is 11.3 Å². The zero-order valence-corrected chi connectivity index (χ0v) is 13.9. The first-order chi connectivity index (χ1) is 12.0. The molecule has 7 nitrogen and oxygen atoms in total. The second kappa shape index (κ2) is 7.29. The van der Waals surface area contributed by atoms with Crippen molar-refractivity contribution in [2.45, 2.75) is 13.3 Å². The summed E-state index contributed by atoms with van der Waals surface area (Å²) in [5.41, 5.74) is 1.69. The number of rotatable bonds is 3. The zero-order valence-electron chi connectivity index (χ0n) is 13.9. The number of piperidine rings is 1. The van der Waals surface area contributed by atoms with E-state index in [9.17, 15) is 9.59 Å². The fourth-order valence-electron chi connectivity index (χ4n) is 3.05. The molecule has 7 heteroatoms. The van der Waals surface area contributed by atoms with Crippen LogP contribution in [0.1, 0.15) is 13.3 Å². The molecule has 1 aromatic heterocycles. The molecule has 2 atom stereocenters. The van der Waals surface area contributed by atoms with E-state index in [0.717, 1.165) is 11.3 Å². The van der Waals surface area contributed by atoms with Gasteiger partial charge in [0.2, 0.25) is 0 Å². The topological polar surface area (TPSA) is 95.4 Å². The highest BCUT2D eigenvalue weighted by Gasteiger charge is 2.33. The van der Waals surface area contributed by atoms with Crippen LogP contribution in [-0.2, 0) is 4.79 Å². The number of hydrogen-bond donors (Lipinski definition) is 2. The molecule has 1 aliphatic heterocycles. The van der Waals surface area contributed by atoms with Crippen molar-refractivity contribution in [1.82, 2.24) is 15.1 Å². The Morgan fingerprint density at radius 3 is 2.52 bits per heavy atom. The van der Waals surface area contributed by atoms with Crippen molar-refractivity contribution in [3.05, 3.63) is 42.5 Å². The van der Waals surface area contributed by atoms with Crippen LogP contribution in [0.3, 0.4) is 0 Å². The van der Waals surface area contributed by atoms with Gasteiger partial charge in [0.1, 0.15) is 0 Å². The van der Waals surface area contributed by atoms with Crippen LogP contribution < -0.4 is 5.32 Å². The average Bonchev–Trinajstić information content (AvgIpc) is 2.62. The Labute approximate surface area is 145 Å². The number of nitrogens with zero attached hydrogens (tertiary/aromatic N) is 3. The molecule has 1 fully saturated rings. The van der Waals surface area contributed by atoms with Crippen molar-refractivity contribution in [3.8, 4) is 11.3 Å². The number of urea groups is 1. The monoisotopic (exact) mass is 340 g/mol. The van der Waals surface area contributed by atoms with E-state index in [-0.39, 0.29) is 11.9 Å². The summed E-state index contributed by atoms with van der Waals surface area (Å²) >= 11 is 0. The van der Waals surface area contributed by atoms with Gasteiger partial charge in [0.05, 0.1) is 11.6 Å². The van der Waals surface area contributed by atoms with Crippen molar-refractivity contribution >= 4 is 17.8 Å². The molecule has 0 bridgehead atoms. The Morgan fingerprint density at radius 1 is 1.16 bits per heavy atom. The largest absolute Gasteiger partial charge is 0.481 e. The lowest BCUT2D eigenvalue weighted by molar-refractivity contribution is -0.145. The molecule has 1 aliphatic rings. The van der Waals surface area contributed by atoms with Crippen molar-refractivity contribution in [3.63, 3.8) is 0 Å². The minimum Gasteiger partial charge on any atom is -0.481 e. The van der Waals surface area contributed by atoms with E-state index in [0.29, 0.717) is 25.3 Å². The number of carboxylic acid groups (broad SMARTS) is 1. The molecule has 2 unspecified atom stereocenters. The van der Waals surface area contributed by atoms with E-state index in [2.05, 4.69) is 15.5 Å². The molecule has 1 saturated heterocycles. The summed E-state index contributed by atoms with van der Waals surface area (Å²) < 4.78 is 0. The fourth-order valence-corrected chi connectivity index (χ4v) is 3.05. The number of carbonyl (C=O) groups is 2. The van der Waals surface area contributed by atoms with E-state index >= 15 is 0 Å². The number of aliphatic carboxylic acids is 1. The Kier molecular flexibility index (Phi) is 4.92. The average molecular weight is 340 g/mol. The maximum absolute atomic E-state index is 12.3. The summed E-state index contributed by atoms with van der Waals surface area (Å²) in [6.07, 6.45) is 0.461. The summed E-state index contributed by atoms with van der Waals surface area (Å²) in [6, 6.07) is 12.9. The number of aromatic nitrogens is 2. The first-order valence-electron chi connectivity index (χ1n) is 8.22. The maximum Gasteiger partial charge on any atom is 0.323 e. The molecule has 2 heterocycles. The lowest BCUT2D eigenvalue weighted by atomic mass is 9.87. The molecule has 2 N–H and O–H groups in total. The van der Waals surface area contributed by atoms with Gasteiger partial charge in [-0.05, 0) is 24.5 Å². The Morgan fingerprint density at radius 2 is 1.92 bits per heavy atom. The molecule has 0 saturated carbocycles. The summed E-state index contributed by atoms with van der Waals surface area (Å²) in [6.45, 7) is 2.69. The van der Waals surface area contributed by atoms with Crippen LogP contribution in [0.2, 0.25) is 0 Å². The zero-order chi connectivity index (χ0) is 17.8. The molecule has 3 rings (SSSR count). The van der Waals surface area contributed by atoms with Crippen LogP contribution in [0.15, 0.2) is 42.5 Å². The van der Waals surface area contributed by atoms with Gasteiger partial charge in [0.25, 0.3) is 0 Å². The molecule has 0 radical (unpaired) electrons. The third-order valence-electron chi connectivity index (χ3n) is 4.48. The van der Waals surface area contributed by atoms with Crippen molar-refractivity contribution in [2.24, 2.45) is 11.8 Å². The number of nitrogens with one attached hydrogen (secondary N) is 1. The van der Waals surface area contributed by atoms with Gasteiger partial charge in [-0.25, -0.2) is 4.79 Å². The minimum absolute atomic E-state index is 0.0801. The van der Waals surface area contributed by atoms with E-state index in [1.54, 1.807) is 17.0 Å². The van der Waals surface area contributed by atoms with Crippen LogP contribution >= 0.6 is 0 Å². The van der Waals surface area contributed by atoms with Gasteiger partial charge >= 0.3 is 12.0 Å². The second-order valence-corrected chi connectivity index (χ2v) is 6.26. The van der Waals surface area contributed by atoms with Gasteiger partial charge in [-0.2, -0.15) is 0 Å². The molecule has 0 spiro atoms. The number of amides is 2. The number of hydrogen-bond acceptors (Lipinski definition) is 4. The number of likely N-dealkylation sites (tertiary alicyclic amines) is 1. The lowest BCUT2D eigenvalue weighted by Crippen LogP contribution is -2.46. The first kappa shape index (κ1) is 16.9. The molecular formula is C18H20N4O3. The minimum atomic E-state index is -0.796. The summed E-state index contributed by atoms with van der Waals surface area (Å²) in [7, 11) is 0. The molecule has 0 aliphatic carbocycles. The van der Waals surface area contributed by atoms with Crippen LogP contribution in [0, 0.1) is 11.8 Å². The van der Waals surface area contributed by atoms with Crippen LogP contribution in [0.4, 0.5) is 10.6 Å². The molecule has 130 valence electrons. The number of carboxylic acids is 1. The lowest BCUT2D eigenvalue weighted by Gasteiger charge is -2.34. The fraction of sp³-hybridized carbons (Fsp3) is 0.333. The Bertz CT molecular complexity index is 749. The summed E-state index contributed by atoms with van der Waals surface area (Å²) in [5, 5.41) is 20.1. The Balaban J connectivity index is 1.61. The van der Waals surface area contributed by atoms with Gasteiger partial charge in [-0.3, -0.25) is 10.1 Å².